The number of nitrogens with zero attached hydrogens (tertiary/aromatic N) is 2. The summed E-state index contributed by atoms with van der Waals surface area (Å²) in [5, 5.41) is 3.21. The third-order valence-corrected chi connectivity index (χ3v) is 6.51. The van der Waals surface area contributed by atoms with Crippen molar-refractivity contribution < 1.29 is 9.53 Å². The van der Waals surface area contributed by atoms with E-state index in [1.807, 2.05) is 0 Å². The number of rotatable bonds is 5. The molecule has 0 spiro atoms. The number of carbonyl (C=O) groups excluding carboxylic acids is 1. The van der Waals surface area contributed by atoms with E-state index in [-0.39, 0.29) is 11.4 Å². The van der Waals surface area contributed by atoms with Crippen molar-refractivity contribution >= 4 is 17.3 Å². The topological polar surface area (TPSA) is 42.4 Å². The first-order valence-electron chi connectivity index (χ1n) is 8.87. The highest BCUT2D eigenvalue weighted by molar-refractivity contribution is 7.13. The van der Waals surface area contributed by atoms with Crippen molar-refractivity contribution in [1.82, 2.24) is 9.88 Å². The van der Waals surface area contributed by atoms with Gasteiger partial charge in [0.15, 0.2) is 0 Å². The molecule has 2 atom stereocenters. The van der Waals surface area contributed by atoms with Gasteiger partial charge in [0.25, 0.3) is 0 Å². The number of hydrogen-bond donors (Lipinski definition) is 0. The molecule has 2 heterocycles. The molecule has 0 radical (unpaired) electrons. The molecule has 1 aliphatic carbocycles. The minimum atomic E-state index is -0.222. The summed E-state index contributed by atoms with van der Waals surface area (Å²) in [6, 6.07) is 8.70. The minimum absolute atomic E-state index is 0.0378. The zero-order valence-electron chi connectivity index (χ0n) is 15.0. The predicted molar refractivity (Wildman–Crippen MR) is 99.5 cm³/mol. The molecule has 0 bridgehead atoms. The Bertz CT molecular complexity index is 783. The number of hydrogen-bond acceptors (Lipinski definition) is 5. The normalized spacial score (nSPS) is 25.2. The Kier molecular flexibility index (Phi) is 4.16. The number of thiazole rings is 1. The van der Waals surface area contributed by atoms with Gasteiger partial charge < -0.3 is 4.74 Å². The summed E-state index contributed by atoms with van der Waals surface area (Å²) in [7, 11) is 1.49. The molecule has 1 aliphatic heterocycles. The molecule has 1 aromatic carbocycles. The van der Waals surface area contributed by atoms with Crippen LogP contribution in [0.3, 0.4) is 0 Å². The van der Waals surface area contributed by atoms with Crippen molar-refractivity contribution in [2.75, 3.05) is 20.2 Å². The highest BCUT2D eigenvalue weighted by Crippen LogP contribution is 2.58. The fourth-order valence-electron chi connectivity index (χ4n) is 3.98. The van der Waals surface area contributed by atoms with Gasteiger partial charge in [-0.15, -0.1) is 11.3 Å². The predicted octanol–water partition coefficient (Wildman–Crippen LogP) is 3.93. The van der Waals surface area contributed by atoms with E-state index in [4.69, 9.17) is 9.72 Å². The second kappa shape index (κ2) is 6.22. The van der Waals surface area contributed by atoms with Crippen molar-refractivity contribution in [3.05, 3.63) is 40.9 Å². The first kappa shape index (κ1) is 16.7. The lowest BCUT2D eigenvalue weighted by molar-refractivity contribution is -0.147. The smallest absolute Gasteiger partial charge is 0.313 e. The summed E-state index contributed by atoms with van der Waals surface area (Å²) in [5.41, 5.74) is 3.40. The van der Waals surface area contributed by atoms with E-state index in [9.17, 15) is 4.79 Å². The largest absolute Gasteiger partial charge is 0.469 e. The van der Waals surface area contributed by atoms with Gasteiger partial charge in [-0.05, 0) is 23.8 Å². The van der Waals surface area contributed by atoms with Crippen LogP contribution >= 0.6 is 11.3 Å². The van der Waals surface area contributed by atoms with Crippen LogP contribution in [0.15, 0.2) is 29.6 Å². The van der Waals surface area contributed by atoms with E-state index in [1.54, 1.807) is 11.3 Å². The standard InChI is InChI=1S/C20H24N2O2S/c1-13(2)14-4-6-15(7-5-14)18-21-17(11-25-18)10-22-9-16-8-20(16,12-22)19(23)24-3/h4-7,11,13,16H,8-10,12H2,1-3H3. The number of ether oxygens (including phenoxy) is 1. The number of esters is 1. The number of likely N-dealkylation sites (tertiary alicyclic amines) is 1. The van der Waals surface area contributed by atoms with Crippen LogP contribution in [0.4, 0.5) is 0 Å². The fraction of sp³-hybridized carbons (Fsp3) is 0.500. The third kappa shape index (κ3) is 3.00. The summed E-state index contributed by atoms with van der Waals surface area (Å²) >= 11 is 1.69. The maximum absolute atomic E-state index is 12.0. The summed E-state index contributed by atoms with van der Waals surface area (Å²) in [6.07, 6.45) is 0.987. The fourth-order valence-corrected chi connectivity index (χ4v) is 4.80. The molecule has 2 unspecified atom stereocenters. The Balaban J connectivity index is 1.42. The van der Waals surface area contributed by atoms with Crippen LogP contribution in [0.25, 0.3) is 10.6 Å². The van der Waals surface area contributed by atoms with Crippen LogP contribution in [-0.4, -0.2) is 36.1 Å². The second-order valence-electron chi connectivity index (χ2n) is 7.64. The maximum Gasteiger partial charge on any atom is 0.313 e. The molecule has 4 nitrogen and oxygen atoms in total. The summed E-state index contributed by atoms with van der Waals surface area (Å²) in [5.74, 6) is 0.982. The van der Waals surface area contributed by atoms with E-state index < -0.39 is 0 Å². The molecule has 2 aliphatic rings. The second-order valence-corrected chi connectivity index (χ2v) is 8.50. The lowest BCUT2D eigenvalue weighted by atomic mass is 10.0. The molecule has 1 saturated carbocycles. The number of piperidine rings is 1. The van der Waals surface area contributed by atoms with Crippen LogP contribution in [0, 0.1) is 11.3 Å². The van der Waals surface area contributed by atoms with Gasteiger partial charge in [-0.25, -0.2) is 4.98 Å². The molecule has 0 amide bonds. The summed E-state index contributed by atoms with van der Waals surface area (Å²) in [6.45, 7) is 7.01. The van der Waals surface area contributed by atoms with Crippen LogP contribution in [-0.2, 0) is 16.1 Å². The van der Waals surface area contributed by atoms with Gasteiger partial charge in [0.05, 0.1) is 18.2 Å². The number of benzene rings is 1. The van der Waals surface area contributed by atoms with Gasteiger partial charge in [-0.3, -0.25) is 9.69 Å². The summed E-state index contributed by atoms with van der Waals surface area (Å²) < 4.78 is 4.99. The van der Waals surface area contributed by atoms with Gasteiger partial charge in [0, 0.05) is 30.6 Å². The average molecular weight is 356 g/mol. The molecule has 4 rings (SSSR count). The van der Waals surface area contributed by atoms with Gasteiger partial charge >= 0.3 is 5.97 Å². The zero-order valence-corrected chi connectivity index (χ0v) is 15.8. The molecule has 2 fully saturated rings. The van der Waals surface area contributed by atoms with Crippen LogP contribution < -0.4 is 0 Å². The Hall–Kier alpha value is -1.72. The van der Waals surface area contributed by atoms with Gasteiger partial charge in [0.1, 0.15) is 5.01 Å². The molecule has 5 heteroatoms. The first-order chi connectivity index (χ1) is 12.0. The van der Waals surface area contributed by atoms with E-state index in [2.05, 4.69) is 48.4 Å². The third-order valence-electron chi connectivity index (χ3n) is 5.57. The monoisotopic (exact) mass is 356 g/mol. The molecule has 1 aromatic heterocycles. The molecule has 25 heavy (non-hydrogen) atoms. The van der Waals surface area contributed by atoms with Gasteiger partial charge in [0.2, 0.25) is 0 Å². The highest BCUT2D eigenvalue weighted by Gasteiger charge is 2.65. The van der Waals surface area contributed by atoms with Crippen molar-refractivity contribution in [3.8, 4) is 10.6 Å². The quantitative estimate of drug-likeness (QED) is 0.762. The van der Waals surface area contributed by atoms with Crippen LogP contribution in [0.1, 0.15) is 37.4 Å². The van der Waals surface area contributed by atoms with Crippen LogP contribution in [0.5, 0.6) is 0 Å². The Morgan fingerprint density at radius 2 is 2.16 bits per heavy atom. The van der Waals surface area contributed by atoms with E-state index in [0.29, 0.717) is 11.8 Å². The average Bonchev–Trinajstić information content (AvgIpc) is 2.96. The lowest BCUT2D eigenvalue weighted by Crippen LogP contribution is -2.29. The minimum Gasteiger partial charge on any atom is -0.469 e. The Morgan fingerprint density at radius 3 is 2.84 bits per heavy atom. The Morgan fingerprint density at radius 1 is 1.40 bits per heavy atom. The van der Waals surface area contributed by atoms with Crippen LogP contribution in [0.2, 0.25) is 0 Å². The van der Waals surface area contributed by atoms with E-state index in [1.165, 1.54) is 18.2 Å². The molecule has 0 N–H and O–H groups in total. The highest BCUT2D eigenvalue weighted by atomic mass is 32.1. The molecule has 132 valence electrons. The molecule has 2 aromatic rings. The summed E-state index contributed by atoms with van der Waals surface area (Å²) in [4.78, 5) is 19.1. The lowest BCUT2D eigenvalue weighted by Gasteiger charge is -2.18. The van der Waals surface area contributed by atoms with Crippen molar-refractivity contribution in [1.29, 1.82) is 0 Å². The molecule has 1 saturated heterocycles. The first-order valence-corrected chi connectivity index (χ1v) is 9.75. The van der Waals surface area contributed by atoms with Crippen molar-refractivity contribution in [2.45, 2.75) is 32.7 Å². The van der Waals surface area contributed by atoms with E-state index >= 15 is 0 Å². The zero-order chi connectivity index (χ0) is 17.6. The Labute approximate surface area is 152 Å². The van der Waals surface area contributed by atoms with Gasteiger partial charge in [-0.1, -0.05) is 38.1 Å². The maximum atomic E-state index is 12.0. The number of carbonyl (C=O) groups is 1. The number of fused-ring (bicyclic) bond motifs is 1. The van der Waals surface area contributed by atoms with Crippen molar-refractivity contribution in [3.63, 3.8) is 0 Å². The molecular formula is C20H24N2O2S. The van der Waals surface area contributed by atoms with Crippen molar-refractivity contribution in [2.24, 2.45) is 11.3 Å². The SMILES string of the molecule is COC(=O)C12CC1CN(Cc1csc(-c3ccc(C(C)C)cc3)n1)C2. The van der Waals surface area contributed by atoms with Gasteiger partial charge in [-0.2, -0.15) is 0 Å². The number of methoxy groups -OCH3 is 1. The molecular weight excluding hydrogens is 332 g/mol. The van der Waals surface area contributed by atoms with E-state index in [0.717, 1.165) is 36.8 Å². The number of aromatic nitrogens is 1.